The molecule has 0 atom stereocenters. The number of aryl methyl sites for hydroxylation is 3. The summed E-state index contributed by atoms with van der Waals surface area (Å²) in [6.45, 7) is 9.76. The number of amides is 1. The number of carbonyl (C=O) groups is 1. The summed E-state index contributed by atoms with van der Waals surface area (Å²) < 4.78 is 0. The van der Waals surface area contributed by atoms with Crippen molar-refractivity contribution in [3.63, 3.8) is 0 Å². The van der Waals surface area contributed by atoms with Crippen molar-refractivity contribution in [1.82, 2.24) is 9.88 Å². The Morgan fingerprint density at radius 2 is 2.03 bits per heavy atom. The van der Waals surface area contributed by atoms with E-state index in [9.17, 15) is 4.79 Å². The van der Waals surface area contributed by atoms with Crippen molar-refractivity contribution < 1.29 is 4.79 Å². The number of fused-ring (bicyclic) bond motifs is 1. The zero-order chi connectivity index (χ0) is 21.1. The zero-order valence-corrected chi connectivity index (χ0v) is 17.9. The number of rotatable bonds is 3. The minimum absolute atomic E-state index is 0.0647. The van der Waals surface area contributed by atoms with E-state index in [1.165, 1.54) is 27.8 Å². The lowest BCUT2D eigenvalue weighted by atomic mass is 9.96. The number of anilines is 1. The first-order valence-electron chi connectivity index (χ1n) is 10.7. The molecule has 2 aromatic rings. The maximum atomic E-state index is 12.8. The monoisotopic (exact) mass is 399 g/mol. The molecular weight excluding hydrogens is 370 g/mol. The highest BCUT2D eigenvalue weighted by atomic mass is 16.2. The van der Waals surface area contributed by atoms with Crippen LogP contribution in [-0.2, 0) is 11.2 Å². The lowest BCUT2D eigenvalue weighted by Crippen LogP contribution is -2.30. The molecule has 3 heterocycles. The van der Waals surface area contributed by atoms with Crippen LogP contribution in [0.1, 0.15) is 47.1 Å². The molecule has 0 unspecified atom stereocenters. The Hall–Kier alpha value is -3.14. The van der Waals surface area contributed by atoms with Crippen LogP contribution >= 0.6 is 0 Å². The number of hydrogen-bond acceptors (Lipinski definition) is 3. The van der Waals surface area contributed by atoms with Gasteiger partial charge in [0.05, 0.1) is 0 Å². The molecule has 1 N–H and O–H groups in total. The van der Waals surface area contributed by atoms with Gasteiger partial charge in [0, 0.05) is 31.1 Å². The van der Waals surface area contributed by atoms with Gasteiger partial charge in [-0.25, -0.2) is 4.98 Å². The summed E-state index contributed by atoms with van der Waals surface area (Å²) in [5.74, 6) is 0.946. The van der Waals surface area contributed by atoms with Crippen LogP contribution in [0.4, 0.5) is 5.82 Å². The molecule has 4 rings (SSSR count). The fourth-order valence-electron chi connectivity index (χ4n) is 4.12. The molecule has 2 aliphatic rings. The topological polar surface area (TPSA) is 45.2 Å². The molecule has 0 saturated heterocycles. The van der Waals surface area contributed by atoms with Crippen molar-refractivity contribution in [2.75, 3.05) is 18.4 Å². The number of nitrogens with zero attached hydrogens (tertiary/aromatic N) is 2. The lowest BCUT2D eigenvalue weighted by molar-refractivity contribution is -0.125. The number of aromatic nitrogens is 1. The summed E-state index contributed by atoms with van der Waals surface area (Å²) in [7, 11) is 0. The Morgan fingerprint density at radius 3 is 2.90 bits per heavy atom. The first kappa shape index (κ1) is 20.1. The summed E-state index contributed by atoms with van der Waals surface area (Å²) in [6.07, 6.45) is 11.3. The van der Waals surface area contributed by atoms with E-state index in [1.54, 1.807) is 12.3 Å². The highest BCUT2D eigenvalue weighted by molar-refractivity contribution is 5.92. The molecule has 0 bridgehead atoms. The van der Waals surface area contributed by atoms with Gasteiger partial charge >= 0.3 is 0 Å². The summed E-state index contributed by atoms with van der Waals surface area (Å²) in [4.78, 5) is 19.2. The van der Waals surface area contributed by atoms with Crippen LogP contribution in [0.15, 0.2) is 54.9 Å². The molecule has 0 radical (unpaired) electrons. The van der Waals surface area contributed by atoms with Gasteiger partial charge in [-0.3, -0.25) is 4.79 Å². The number of allylic oxidation sites excluding steroid dienone is 1. The summed E-state index contributed by atoms with van der Waals surface area (Å²) in [6, 6.07) is 8.69. The predicted molar refractivity (Wildman–Crippen MR) is 124 cm³/mol. The SMILES string of the molecule is C=C1CCc2cc(/C=C/C(=O)N3CCC=C(c4cc(C)ccc4C)CC3)cnc2N1. The number of benzene rings is 1. The van der Waals surface area contributed by atoms with Crippen LogP contribution in [-0.4, -0.2) is 28.9 Å². The Bertz CT molecular complexity index is 1050. The van der Waals surface area contributed by atoms with Gasteiger partial charge in [-0.15, -0.1) is 0 Å². The second-order valence-electron chi connectivity index (χ2n) is 8.25. The summed E-state index contributed by atoms with van der Waals surface area (Å²) in [5, 5.41) is 3.22. The molecule has 1 aromatic carbocycles. The van der Waals surface area contributed by atoms with Crippen LogP contribution < -0.4 is 5.32 Å². The molecule has 1 amide bonds. The van der Waals surface area contributed by atoms with Crippen LogP contribution in [0.25, 0.3) is 11.6 Å². The van der Waals surface area contributed by atoms with Crippen molar-refractivity contribution in [2.45, 2.75) is 39.5 Å². The highest BCUT2D eigenvalue weighted by Crippen LogP contribution is 2.27. The number of carbonyl (C=O) groups excluding carboxylic acids is 1. The third-order valence-corrected chi connectivity index (χ3v) is 5.89. The normalized spacial score (nSPS) is 16.7. The van der Waals surface area contributed by atoms with E-state index in [2.05, 4.69) is 61.1 Å². The van der Waals surface area contributed by atoms with Gasteiger partial charge in [0.1, 0.15) is 5.82 Å². The van der Waals surface area contributed by atoms with E-state index in [-0.39, 0.29) is 5.91 Å². The average Bonchev–Trinajstić information content (AvgIpc) is 3.00. The number of nitrogens with one attached hydrogen (secondary N) is 1. The van der Waals surface area contributed by atoms with Gasteiger partial charge in [-0.2, -0.15) is 0 Å². The summed E-state index contributed by atoms with van der Waals surface area (Å²) in [5.41, 5.74) is 8.37. The minimum atomic E-state index is 0.0647. The molecule has 0 spiro atoms. The molecular formula is C26H29N3O. The van der Waals surface area contributed by atoms with Crippen LogP contribution in [0.5, 0.6) is 0 Å². The predicted octanol–water partition coefficient (Wildman–Crippen LogP) is 5.29. The van der Waals surface area contributed by atoms with E-state index in [4.69, 9.17) is 0 Å². The van der Waals surface area contributed by atoms with Crippen molar-refractivity contribution in [2.24, 2.45) is 0 Å². The van der Waals surface area contributed by atoms with E-state index in [1.807, 2.05) is 11.0 Å². The van der Waals surface area contributed by atoms with Crippen LogP contribution in [0, 0.1) is 13.8 Å². The van der Waals surface area contributed by atoms with Crippen LogP contribution in [0.2, 0.25) is 0 Å². The van der Waals surface area contributed by atoms with Gasteiger partial charge in [0.2, 0.25) is 5.91 Å². The Kier molecular flexibility index (Phi) is 5.84. The summed E-state index contributed by atoms with van der Waals surface area (Å²) >= 11 is 0. The van der Waals surface area contributed by atoms with Crippen LogP contribution in [0.3, 0.4) is 0 Å². The van der Waals surface area contributed by atoms with Gasteiger partial charge in [-0.05, 0) is 79.5 Å². The van der Waals surface area contributed by atoms with Gasteiger partial charge < -0.3 is 10.2 Å². The van der Waals surface area contributed by atoms with Crippen molar-refractivity contribution >= 4 is 23.4 Å². The second kappa shape index (κ2) is 8.70. The zero-order valence-electron chi connectivity index (χ0n) is 17.9. The van der Waals surface area contributed by atoms with E-state index >= 15 is 0 Å². The third-order valence-electron chi connectivity index (χ3n) is 5.89. The van der Waals surface area contributed by atoms with Crippen molar-refractivity contribution in [3.05, 3.63) is 82.7 Å². The molecule has 30 heavy (non-hydrogen) atoms. The largest absolute Gasteiger partial charge is 0.344 e. The molecule has 4 nitrogen and oxygen atoms in total. The fourth-order valence-corrected chi connectivity index (χ4v) is 4.12. The molecule has 0 aliphatic carbocycles. The third kappa shape index (κ3) is 4.54. The Balaban J connectivity index is 1.40. The fraction of sp³-hybridized carbons (Fsp3) is 0.308. The smallest absolute Gasteiger partial charge is 0.246 e. The minimum Gasteiger partial charge on any atom is -0.344 e. The molecule has 1 aromatic heterocycles. The number of hydrogen-bond donors (Lipinski definition) is 1. The van der Waals surface area contributed by atoms with E-state index in [0.717, 1.165) is 55.9 Å². The maximum Gasteiger partial charge on any atom is 0.246 e. The molecule has 0 fully saturated rings. The molecule has 0 saturated carbocycles. The van der Waals surface area contributed by atoms with Crippen molar-refractivity contribution in [3.8, 4) is 0 Å². The molecule has 4 heteroatoms. The standard InChI is InChI=1S/C26H29N3O/c1-18-6-7-19(2)24(15-18)22-5-4-13-29(14-12-22)25(30)11-9-21-16-23-10-8-20(3)28-26(23)27-17-21/h5-7,9,11,15-17H,3-4,8,10,12-14H2,1-2H3,(H,27,28)/b11-9+. The quantitative estimate of drug-likeness (QED) is 0.714. The van der Waals surface area contributed by atoms with E-state index in [0.29, 0.717) is 0 Å². The number of pyridine rings is 1. The lowest BCUT2D eigenvalue weighted by Gasteiger charge is -2.20. The molecule has 154 valence electrons. The van der Waals surface area contributed by atoms with E-state index < -0.39 is 0 Å². The van der Waals surface area contributed by atoms with Crippen molar-refractivity contribution in [1.29, 1.82) is 0 Å². The first-order chi connectivity index (χ1) is 14.5. The highest BCUT2D eigenvalue weighted by Gasteiger charge is 2.16. The Morgan fingerprint density at radius 1 is 1.17 bits per heavy atom. The first-order valence-corrected chi connectivity index (χ1v) is 10.7. The maximum absolute atomic E-state index is 12.8. The second-order valence-corrected chi connectivity index (χ2v) is 8.25. The van der Waals surface area contributed by atoms with Gasteiger partial charge in [0.25, 0.3) is 0 Å². The Labute approximate surface area is 179 Å². The molecule has 2 aliphatic heterocycles. The van der Waals surface area contributed by atoms with Gasteiger partial charge in [-0.1, -0.05) is 36.4 Å². The van der Waals surface area contributed by atoms with Gasteiger partial charge in [0.15, 0.2) is 0 Å². The average molecular weight is 400 g/mol.